The Labute approximate surface area is 141 Å². The van der Waals surface area contributed by atoms with Gasteiger partial charge in [0.1, 0.15) is 29.2 Å². The quantitative estimate of drug-likeness (QED) is 0.813. The minimum atomic E-state index is 0.0582. The molecule has 0 spiro atoms. The van der Waals surface area contributed by atoms with Gasteiger partial charge in [0.25, 0.3) is 0 Å². The molecular formula is C19H17N3O2. The molecule has 1 aliphatic rings. The van der Waals surface area contributed by atoms with Crippen molar-refractivity contribution in [1.82, 2.24) is 0 Å². The van der Waals surface area contributed by atoms with Crippen LogP contribution in [-0.2, 0) is 4.74 Å². The van der Waals surface area contributed by atoms with Gasteiger partial charge in [-0.15, -0.1) is 0 Å². The highest BCUT2D eigenvalue weighted by Crippen LogP contribution is 2.22. The molecular weight excluding hydrogens is 302 g/mol. The van der Waals surface area contributed by atoms with Crippen LogP contribution in [0.4, 0.5) is 5.69 Å². The van der Waals surface area contributed by atoms with E-state index in [0.29, 0.717) is 23.6 Å². The fourth-order valence-corrected chi connectivity index (χ4v) is 2.13. The van der Waals surface area contributed by atoms with E-state index in [1.165, 1.54) is 0 Å². The Bertz CT molecular complexity index is 784. The Hall–Kier alpha value is -3.28. The maximum atomic E-state index is 8.98. The lowest BCUT2D eigenvalue weighted by Gasteiger charge is -2.13. The largest absolute Gasteiger partial charge is 0.462 e. The topological polar surface area (TPSA) is 89.1 Å². The number of nitrogens with one attached hydrogen (secondary N) is 1. The van der Waals surface area contributed by atoms with Crippen molar-refractivity contribution in [2.75, 3.05) is 18.5 Å². The third kappa shape index (κ3) is 4.61. The van der Waals surface area contributed by atoms with Crippen molar-refractivity contribution in [3.05, 3.63) is 70.7 Å². The van der Waals surface area contributed by atoms with Crippen LogP contribution in [0.25, 0.3) is 6.08 Å². The molecule has 0 saturated carbocycles. The van der Waals surface area contributed by atoms with E-state index in [1.807, 2.05) is 42.5 Å². The summed E-state index contributed by atoms with van der Waals surface area (Å²) in [5.74, 6) is 1.19. The zero-order valence-electron chi connectivity index (χ0n) is 13.3. The van der Waals surface area contributed by atoms with Crippen LogP contribution in [0.2, 0.25) is 0 Å². The molecule has 24 heavy (non-hydrogen) atoms. The second kappa shape index (κ2) is 8.38. The van der Waals surface area contributed by atoms with E-state index in [1.54, 1.807) is 25.2 Å². The summed E-state index contributed by atoms with van der Waals surface area (Å²) in [7, 11) is 0. The van der Waals surface area contributed by atoms with Crippen molar-refractivity contribution >= 4 is 11.8 Å². The normalized spacial score (nSPS) is 13.4. The number of hydrogen-bond donors (Lipinski definition) is 2. The van der Waals surface area contributed by atoms with Gasteiger partial charge in [0.2, 0.25) is 0 Å². The summed E-state index contributed by atoms with van der Waals surface area (Å²) in [6, 6.07) is 11.5. The lowest BCUT2D eigenvalue weighted by molar-refractivity contribution is 0.311. The lowest BCUT2D eigenvalue weighted by atomic mass is 10.1. The fraction of sp³-hybridized carbons (Fsp3) is 0.158. The summed E-state index contributed by atoms with van der Waals surface area (Å²) < 4.78 is 5.60. The van der Waals surface area contributed by atoms with Crippen LogP contribution in [0.5, 0.6) is 0 Å². The molecule has 5 nitrogen and oxygen atoms in total. The van der Waals surface area contributed by atoms with Gasteiger partial charge in [0.15, 0.2) is 0 Å². The highest BCUT2D eigenvalue weighted by atomic mass is 16.5. The summed E-state index contributed by atoms with van der Waals surface area (Å²) in [5, 5.41) is 29.8. The Morgan fingerprint density at radius 2 is 1.88 bits per heavy atom. The van der Waals surface area contributed by atoms with Gasteiger partial charge in [-0.25, -0.2) is 0 Å². The molecule has 0 aliphatic carbocycles. The smallest absolute Gasteiger partial charge is 0.137 e. The summed E-state index contributed by atoms with van der Waals surface area (Å²) >= 11 is 0. The third-order valence-corrected chi connectivity index (χ3v) is 3.24. The van der Waals surface area contributed by atoms with Gasteiger partial charge < -0.3 is 15.2 Å². The monoisotopic (exact) mass is 319 g/mol. The first-order valence-corrected chi connectivity index (χ1v) is 7.41. The van der Waals surface area contributed by atoms with Gasteiger partial charge in [-0.05, 0) is 42.8 Å². The molecule has 5 heteroatoms. The molecule has 2 rings (SSSR count). The van der Waals surface area contributed by atoms with E-state index >= 15 is 0 Å². The van der Waals surface area contributed by atoms with Gasteiger partial charge in [-0.3, -0.25) is 0 Å². The van der Waals surface area contributed by atoms with Gasteiger partial charge in [-0.2, -0.15) is 10.5 Å². The molecule has 0 saturated heterocycles. The van der Waals surface area contributed by atoms with E-state index < -0.39 is 0 Å². The number of benzene rings is 1. The predicted octanol–water partition coefficient (Wildman–Crippen LogP) is 3.27. The Morgan fingerprint density at radius 3 is 2.50 bits per heavy atom. The Morgan fingerprint density at radius 1 is 1.17 bits per heavy atom. The number of rotatable bonds is 5. The van der Waals surface area contributed by atoms with Crippen molar-refractivity contribution < 1.29 is 9.84 Å². The van der Waals surface area contributed by atoms with Crippen LogP contribution in [0.1, 0.15) is 12.5 Å². The fourth-order valence-electron chi connectivity index (χ4n) is 2.13. The average molecular weight is 319 g/mol. The Balaban J connectivity index is 2.15. The number of aliphatic hydroxyl groups excluding tert-OH is 1. The SMILES string of the molecule is CC1=CC(=C(C#N)C#N)C=C(C=Cc2ccc(NCCO)cc2)O1. The second-order valence-corrected chi connectivity index (χ2v) is 5.06. The maximum Gasteiger partial charge on any atom is 0.137 e. The molecule has 1 heterocycles. The Kier molecular flexibility index (Phi) is 5.96. The molecule has 0 fully saturated rings. The summed E-state index contributed by atoms with van der Waals surface area (Å²) in [5.41, 5.74) is 2.52. The lowest BCUT2D eigenvalue weighted by Crippen LogP contribution is -2.04. The van der Waals surface area contributed by atoms with Crippen molar-refractivity contribution in [3.8, 4) is 12.1 Å². The van der Waals surface area contributed by atoms with E-state index in [9.17, 15) is 0 Å². The van der Waals surface area contributed by atoms with Gasteiger partial charge in [0.05, 0.1) is 6.61 Å². The molecule has 120 valence electrons. The number of aliphatic hydroxyl groups is 1. The maximum absolute atomic E-state index is 8.98. The first-order valence-electron chi connectivity index (χ1n) is 7.41. The highest BCUT2D eigenvalue weighted by Gasteiger charge is 2.10. The van der Waals surface area contributed by atoms with Crippen LogP contribution in [0, 0.1) is 22.7 Å². The number of hydrogen-bond acceptors (Lipinski definition) is 5. The predicted molar refractivity (Wildman–Crippen MR) is 92.2 cm³/mol. The van der Waals surface area contributed by atoms with Crippen LogP contribution in [-0.4, -0.2) is 18.3 Å². The van der Waals surface area contributed by atoms with Crippen molar-refractivity contribution in [3.63, 3.8) is 0 Å². The molecule has 1 aromatic carbocycles. The zero-order chi connectivity index (χ0) is 17.4. The number of nitrogens with zero attached hydrogens (tertiary/aromatic N) is 2. The molecule has 0 aromatic heterocycles. The third-order valence-electron chi connectivity index (χ3n) is 3.24. The van der Waals surface area contributed by atoms with E-state index in [-0.39, 0.29) is 12.2 Å². The molecule has 0 amide bonds. The minimum Gasteiger partial charge on any atom is -0.462 e. The van der Waals surface area contributed by atoms with E-state index in [2.05, 4.69) is 5.32 Å². The molecule has 2 N–H and O–H groups in total. The number of allylic oxidation sites excluding steroid dienone is 6. The van der Waals surface area contributed by atoms with Crippen molar-refractivity contribution in [2.24, 2.45) is 0 Å². The number of nitriles is 2. The zero-order valence-corrected chi connectivity index (χ0v) is 13.3. The number of anilines is 1. The minimum absolute atomic E-state index is 0.0582. The van der Waals surface area contributed by atoms with E-state index in [0.717, 1.165) is 11.3 Å². The summed E-state index contributed by atoms with van der Waals surface area (Å²) in [4.78, 5) is 0. The second-order valence-electron chi connectivity index (χ2n) is 5.06. The van der Waals surface area contributed by atoms with Gasteiger partial charge in [0, 0.05) is 17.8 Å². The number of ether oxygens (including phenoxy) is 1. The molecule has 0 radical (unpaired) electrons. The van der Waals surface area contributed by atoms with Gasteiger partial charge in [-0.1, -0.05) is 18.2 Å². The molecule has 0 atom stereocenters. The van der Waals surface area contributed by atoms with Crippen LogP contribution in [0.3, 0.4) is 0 Å². The summed E-state index contributed by atoms with van der Waals surface area (Å²) in [6.45, 7) is 2.37. The summed E-state index contributed by atoms with van der Waals surface area (Å²) in [6.07, 6.45) is 7.01. The van der Waals surface area contributed by atoms with E-state index in [4.69, 9.17) is 20.4 Å². The van der Waals surface area contributed by atoms with Gasteiger partial charge >= 0.3 is 0 Å². The van der Waals surface area contributed by atoms with Crippen LogP contribution in [0.15, 0.2) is 65.2 Å². The van der Waals surface area contributed by atoms with Crippen LogP contribution >= 0.6 is 0 Å². The first kappa shape index (κ1) is 17.1. The standard InChI is InChI=1S/C19H17N3O2/c1-14-10-16(17(12-20)13-21)11-19(24-14)7-4-15-2-5-18(6-3-15)22-8-9-23/h2-7,10-11,22-23H,8-9H2,1H3. The molecule has 1 aromatic rings. The first-order chi connectivity index (χ1) is 11.7. The molecule has 0 unspecified atom stereocenters. The van der Waals surface area contributed by atoms with Crippen molar-refractivity contribution in [1.29, 1.82) is 10.5 Å². The molecule has 0 bridgehead atoms. The molecule has 1 aliphatic heterocycles. The van der Waals surface area contributed by atoms with Crippen molar-refractivity contribution in [2.45, 2.75) is 6.92 Å². The average Bonchev–Trinajstić information content (AvgIpc) is 2.60. The van der Waals surface area contributed by atoms with Crippen LogP contribution < -0.4 is 5.32 Å². The highest BCUT2D eigenvalue weighted by molar-refractivity contribution is 5.59.